The lowest BCUT2D eigenvalue weighted by atomic mass is 10.2. The van der Waals surface area contributed by atoms with Crippen LogP contribution in [0, 0.1) is 0 Å². The van der Waals surface area contributed by atoms with Gasteiger partial charge >= 0.3 is 0 Å². The monoisotopic (exact) mass is 184 g/mol. The molecule has 0 bridgehead atoms. The summed E-state index contributed by atoms with van der Waals surface area (Å²) in [5, 5.41) is 5.71. The standard InChI is InChI=1S/C8H12N2OS/c1-2-3-4-5-6-7(11)10-8(12)9-6/h5H,2-4H2,1H3,(H2,9,10,11,12)/b6-5+. The summed E-state index contributed by atoms with van der Waals surface area (Å²) >= 11 is 4.77. The Balaban J connectivity index is 2.46. The predicted molar refractivity (Wildman–Crippen MR) is 51.5 cm³/mol. The number of allylic oxidation sites excluding steroid dienone is 1. The molecule has 1 saturated heterocycles. The fourth-order valence-corrected chi connectivity index (χ4v) is 1.18. The molecular formula is C8H12N2OS. The molecule has 0 aromatic rings. The van der Waals surface area contributed by atoms with Crippen molar-refractivity contribution in [3.05, 3.63) is 11.8 Å². The Bertz CT molecular complexity index is 235. The number of carbonyl (C=O) groups excluding carboxylic acids is 1. The molecule has 0 spiro atoms. The van der Waals surface area contributed by atoms with Crippen LogP contribution in [0.4, 0.5) is 0 Å². The van der Waals surface area contributed by atoms with Gasteiger partial charge in [0.15, 0.2) is 5.11 Å². The maximum absolute atomic E-state index is 11.0. The number of hydrogen-bond donors (Lipinski definition) is 2. The number of amides is 1. The first-order valence-electron chi connectivity index (χ1n) is 4.06. The maximum Gasteiger partial charge on any atom is 0.273 e. The van der Waals surface area contributed by atoms with Crippen molar-refractivity contribution in [2.24, 2.45) is 0 Å². The van der Waals surface area contributed by atoms with Crippen LogP contribution in [0.25, 0.3) is 0 Å². The number of nitrogens with one attached hydrogen (secondary N) is 2. The summed E-state index contributed by atoms with van der Waals surface area (Å²) < 4.78 is 0. The van der Waals surface area contributed by atoms with E-state index in [1.807, 2.05) is 6.08 Å². The van der Waals surface area contributed by atoms with Crippen molar-refractivity contribution in [3.8, 4) is 0 Å². The van der Waals surface area contributed by atoms with Crippen LogP contribution in [0.2, 0.25) is 0 Å². The van der Waals surface area contributed by atoms with E-state index in [1.54, 1.807) is 0 Å². The molecule has 0 saturated carbocycles. The van der Waals surface area contributed by atoms with E-state index in [4.69, 9.17) is 12.2 Å². The highest BCUT2D eigenvalue weighted by molar-refractivity contribution is 7.80. The fourth-order valence-electron chi connectivity index (χ4n) is 0.975. The zero-order chi connectivity index (χ0) is 8.97. The number of carbonyl (C=O) groups is 1. The van der Waals surface area contributed by atoms with Crippen LogP contribution < -0.4 is 10.6 Å². The van der Waals surface area contributed by atoms with Gasteiger partial charge in [-0.1, -0.05) is 19.4 Å². The van der Waals surface area contributed by atoms with Crippen molar-refractivity contribution in [2.45, 2.75) is 26.2 Å². The zero-order valence-electron chi connectivity index (χ0n) is 7.02. The summed E-state index contributed by atoms with van der Waals surface area (Å²) in [6.07, 6.45) is 5.05. The van der Waals surface area contributed by atoms with Gasteiger partial charge in [0.05, 0.1) is 0 Å². The normalized spacial score (nSPS) is 19.6. The Hall–Kier alpha value is -0.900. The summed E-state index contributed by atoms with van der Waals surface area (Å²) in [6, 6.07) is 0. The van der Waals surface area contributed by atoms with Crippen molar-refractivity contribution >= 4 is 23.2 Å². The van der Waals surface area contributed by atoms with Gasteiger partial charge in [0, 0.05) is 0 Å². The molecule has 1 rings (SSSR count). The second-order valence-corrected chi connectivity index (χ2v) is 3.08. The molecule has 1 fully saturated rings. The number of rotatable bonds is 3. The van der Waals surface area contributed by atoms with Gasteiger partial charge in [-0.2, -0.15) is 0 Å². The molecular weight excluding hydrogens is 172 g/mol. The summed E-state index contributed by atoms with van der Waals surface area (Å²) in [5.74, 6) is -0.115. The summed E-state index contributed by atoms with van der Waals surface area (Å²) in [4.78, 5) is 11.0. The Morgan fingerprint density at radius 2 is 2.25 bits per heavy atom. The number of unbranched alkanes of at least 4 members (excludes halogenated alkanes) is 2. The van der Waals surface area contributed by atoms with Gasteiger partial charge in [0.2, 0.25) is 0 Å². The number of thiocarbonyl (C=S) groups is 1. The molecule has 1 amide bonds. The molecule has 3 nitrogen and oxygen atoms in total. The van der Waals surface area contributed by atoms with Crippen molar-refractivity contribution in [1.29, 1.82) is 0 Å². The van der Waals surface area contributed by atoms with Crippen LogP contribution in [-0.2, 0) is 4.79 Å². The average molecular weight is 184 g/mol. The van der Waals surface area contributed by atoms with Gasteiger partial charge in [-0.3, -0.25) is 10.1 Å². The SMILES string of the molecule is CCCC/C=C1/NC(=S)NC1=O. The highest BCUT2D eigenvalue weighted by Crippen LogP contribution is 2.02. The minimum atomic E-state index is -0.115. The molecule has 1 aliphatic heterocycles. The number of hydrogen-bond acceptors (Lipinski definition) is 2. The molecule has 0 aromatic heterocycles. The quantitative estimate of drug-likeness (QED) is 0.391. The minimum absolute atomic E-state index is 0.115. The average Bonchev–Trinajstić information content (AvgIpc) is 2.31. The molecule has 1 aliphatic rings. The van der Waals surface area contributed by atoms with Crippen molar-refractivity contribution in [2.75, 3.05) is 0 Å². The lowest BCUT2D eigenvalue weighted by molar-refractivity contribution is -0.115. The molecule has 1 heterocycles. The largest absolute Gasteiger partial charge is 0.328 e. The van der Waals surface area contributed by atoms with E-state index in [2.05, 4.69) is 17.6 Å². The fraction of sp³-hybridized carbons (Fsp3) is 0.500. The lowest BCUT2D eigenvalue weighted by Crippen LogP contribution is -2.21. The molecule has 0 aromatic carbocycles. The molecule has 2 N–H and O–H groups in total. The highest BCUT2D eigenvalue weighted by Gasteiger charge is 2.18. The van der Waals surface area contributed by atoms with Gasteiger partial charge in [0.1, 0.15) is 5.70 Å². The van der Waals surface area contributed by atoms with Crippen molar-refractivity contribution in [1.82, 2.24) is 10.6 Å². The smallest absolute Gasteiger partial charge is 0.273 e. The van der Waals surface area contributed by atoms with E-state index in [-0.39, 0.29) is 5.91 Å². The molecule has 0 unspecified atom stereocenters. The molecule has 4 heteroatoms. The third-order valence-electron chi connectivity index (χ3n) is 1.63. The molecule has 0 radical (unpaired) electrons. The summed E-state index contributed by atoms with van der Waals surface area (Å²) in [5.41, 5.74) is 0.591. The first kappa shape index (κ1) is 9.19. The maximum atomic E-state index is 11.0. The van der Waals surface area contributed by atoms with Crippen LogP contribution >= 0.6 is 12.2 Å². The Morgan fingerprint density at radius 3 is 2.75 bits per heavy atom. The third-order valence-corrected chi connectivity index (χ3v) is 1.83. The molecule has 66 valence electrons. The van der Waals surface area contributed by atoms with E-state index in [0.717, 1.165) is 19.3 Å². The topological polar surface area (TPSA) is 41.1 Å². The Kier molecular flexibility index (Phi) is 3.22. The second-order valence-electron chi connectivity index (χ2n) is 2.67. The van der Waals surface area contributed by atoms with Gasteiger partial charge in [-0.25, -0.2) is 0 Å². The zero-order valence-corrected chi connectivity index (χ0v) is 7.83. The lowest BCUT2D eigenvalue weighted by Gasteiger charge is -1.93. The van der Waals surface area contributed by atoms with Crippen LogP contribution in [0.5, 0.6) is 0 Å². The Morgan fingerprint density at radius 1 is 1.50 bits per heavy atom. The summed E-state index contributed by atoms with van der Waals surface area (Å²) in [7, 11) is 0. The van der Waals surface area contributed by atoms with E-state index in [9.17, 15) is 4.79 Å². The van der Waals surface area contributed by atoms with E-state index < -0.39 is 0 Å². The van der Waals surface area contributed by atoms with Crippen LogP contribution in [0.15, 0.2) is 11.8 Å². The first-order chi connectivity index (χ1) is 5.74. The van der Waals surface area contributed by atoms with E-state index >= 15 is 0 Å². The van der Waals surface area contributed by atoms with Crippen LogP contribution in [-0.4, -0.2) is 11.0 Å². The molecule has 0 aliphatic carbocycles. The summed E-state index contributed by atoms with van der Waals surface area (Å²) in [6.45, 7) is 2.12. The highest BCUT2D eigenvalue weighted by atomic mass is 32.1. The molecule has 12 heavy (non-hydrogen) atoms. The predicted octanol–water partition coefficient (Wildman–Crippen LogP) is 1.06. The van der Waals surface area contributed by atoms with Crippen molar-refractivity contribution < 1.29 is 4.79 Å². The Labute approximate surface area is 77.2 Å². The van der Waals surface area contributed by atoms with Gasteiger partial charge in [-0.15, -0.1) is 0 Å². The van der Waals surface area contributed by atoms with Gasteiger partial charge in [-0.05, 0) is 25.1 Å². The van der Waals surface area contributed by atoms with Gasteiger partial charge < -0.3 is 5.32 Å². The van der Waals surface area contributed by atoms with E-state index in [0.29, 0.717) is 10.8 Å². The second kappa shape index (κ2) is 4.21. The van der Waals surface area contributed by atoms with Crippen LogP contribution in [0.1, 0.15) is 26.2 Å². The first-order valence-corrected chi connectivity index (χ1v) is 4.47. The van der Waals surface area contributed by atoms with E-state index in [1.165, 1.54) is 0 Å². The van der Waals surface area contributed by atoms with Gasteiger partial charge in [0.25, 0.3) is 5.91 Å². The minimum Gasteiger partial charge on any atom is -0.328 e. The molecule has 0 atom stereocenters. The van der Waals surface area contributed by atoms with Crippen molar-refractivity contribution in [3.63, 3.8) is 0 Å². The van der Waals surface area contributed by atoms with Crippen LogP contribution in [0.3, 0.4) is 0 Å². The third kappa shape index (κ3) is 2.30.